The molecule has 2 heterocycles. The summed E-state index contributed by atoms with van der Waals surface area (Å²) in [4.78, 5) is 16.5. The molecule has 0 fully saturated rings. The highest BCUT2D eigenvalue weighted by atomic mass is 16.5. The fourth-order valence-corrected chi connectivity index (χ4v) is 2.67. The summed E-state index contributed by atoms with van der Waals surface area (Å²) in [6.45, 7) is 1.82. The average molecular weight is 351 g/mol. The standard InChI is InChI=1S/C18H17N5O3/c1-11-7-15(21-17-13(11)5-4-6-14(17)26-3)23-18(12(8-19)9-20-23)22-16(24)10-25-2/h4-7,9H,10H2,1-3H3,(H,22,24). The van der Waals surface area contributed by atoms with Crippen LogP contribution in [0.5, 0.6) is 5.75 Å². The molecule has 0 radical (unpaired) electrons. The Bertz CT molecular complexity index is 1020. The van der Waals surface area contributed by atoms with Crippen molar-refractivity contribution in [2.45, 2.75) is 6.92 Å². The van der Waals surface area contributed by atoms with Crippen molar-refractivity contribution in [1.29, 1.82) is 5.26 Å². The monoisotopic (exact) mass is 351 g/mol. The van der Waals surface area contributed by atoms with Crippen LogP contribution in [0.2, 0.25) is 0 Å². The number of methoxy groups -OCH3 is 2. The number of fused-ring (bicyclic) bond motifs is 1. The predicted molar refractivity (Wildman–Crippen MR) is 95.4 cm³/mol. The van der Waals surface area contributed by atoms with Crippen molar-refractivity contribution in [2.24, 2.45) is 0 Å². The summed E-state index contributed by atoms with van der Waals surface area (Å²) in [5, 5.41) is 17.1. The second kappa shape index (κ2) is 7.21. The van der Waals surface area contributed by atoms with Crippen LogP contribution in [0.3, 0.4) is 0 Å². The molecule has 3 rings (SSSR count). The number of nitrogens with one attached hydrogen (secondary N) is 1. The van der Waals surface area contributed by atoms with E-state index in [4.69, 9.17) is 9.47 Å². The molecular formula is C18H17N5O3. The van der Waals surface area contributed by atoms with Gasteiger partial charge in [-0.3, -0.25) is 4.79 Å². The van der Waals surface area contributed by atoms with E-state index in [9.17, 15) is 10.1 Å². The molecule has 26 heavy (non-hydrogen) atoms. The number of nitrogens with zero attached hydrogens (tertiary/aromatic N) is 4. The van der Waals surface area contributed by atoms with Crippen molar-refractivity contribution in [3.05, 3.63) is 41.6 Å². The molecule has 8 nitrogen and oxygen atoms in total. The maximum Gasteiger partial charge on any atom is 0.251 e. The number of carbonyl (C=O) groups excluding carboxylic acids is 1. The molecule has 0 atom stereocenters. The number of aryl methyl sites for hydroxylation is 1. The van der Waals surface area contributed by atoms with Gasteiger partial charge in [0.1, 0.15) is 29.5 Å². The minimum Gasteiger partial charge on any atom is -0.494 e. The van der Waals surface area contributed by atoms with E-state index >= 15 is 0 Å². The van der Waals surface area contributed by atoms with Crippen molar-refractivity contribution in [3.63, 3.8) is 0 Å². The lowest BCUT2D eigenvalue weighted by atomic mass is 10.1. The molecule has 2 aromatic heterocycles. The highest BCUT2D eigenvalue weighted by molar-refractivity contribution is 5.92. The minimum absolute atomic E-state index is 0.131. The van der Waals surface area contributed by atoms with E-state index in [-0.39, 0.29) is 23.9 Å². The van der Waals surface area contributed by atoms with Crippen molar-refractivity contribution >= 4 is 22.6 Å². The molecule has 132 valence electrons. The molecule has 0 saturated heterocycles. The van der Waals surface area contributed by atoms with Gasteiger partial charge in [-0.25, -0.2) is 4.98 Å². The summed E-state index contributed by atoms with van der Waals surface area (Å²) in [5.74, 6) is 0.954. The lowest BCUT2D eigenvalue weighted by Gasteiger charge is -2.12. The molecule has 0 bridgehead atoms. The Balaban J connectivity index is 2.16. The van der Waals surface area contributed by atoms with Gasteiger partial charge in [0.05, 0.1) is 13.3 Å². The van der Waals surface area contributed by atoms with Crippen LogP contribution in [-0.4, -0.2) is 41.5 Å². The Kier molecular flexibility index (Phi) is 4.82. The Hall–Kier alpha value is -3.44. The highest BCUT2D eigenvalue weighted by Gasteiger charge is 2.17. The quantitative estimate of drug-likeness (QED) is 0.756. The number of pyridine rings is 1. The molecule has 0 aliphatic carbocycles. The van der Waals surface area contributed by atoms with Gasteiger partial charge in [-0.1, -0.05) is 12.1 Å². The molecule has 8 heteroatoms. The number of anilines is 1. The summed E-state index contributed by atoms with van der Waals surface area (Å²) in [6, 6.07) is 9.52. The largest absolute Gasteiger partial charge is 0.494 e. The lowest BCUT2D eigenvalue weighted by molar-refractivity contribution is -0.119. The first-order valence-electron chi connectivity index (χ1n) is 7.80. The van der Waals surface area contributed by atoms with Crippen LogP contribution in [0.1, 0.15) is 11.1 Å². The molecule has 3 aromatic rings. The molecule has 0 unspecified atom stereocenters. The van der Waals surface area contributed by atoms with Gasteiger partial charge in [0, 0.05) is 12.5 Å². The number of nitriles is 1. The van der Waals surface area contributed by atoms with Gasteiger partial charge in [0.2, 0.25) is 0 Å². The van der Waals surface area contributed by atoms with Crippen LogP contribution in [-0.2, 0) is 9.53 Å². The Morgan fingerprint density at radius 3 is 2.88 bits per heavy atom. The minimum atomic E-state index is -0.388. The van der Waals surface area contributed by atoms with Crippen molar-refractivity contribution in [3.8, 4) is 17.6 Å². The van der Waals surface area contributed by atoms with Gasteiger partial charge < -0.3 is 14.8 Å². The second-order valence-electron chi connectivity index (χ2n) is 5.57. The van der Waals surface area contributed by atoms with Gasteiger partial charge in [-0.05, 0) is 24.6 Å². The zero-order valence-corrected chi connectivity index (χ0v) is 14.6. The van der Waals surface area contributed by atoms with E-state index in [1.807, 2.05) is 37.3 Å². The number of benzene rings is 1. The second-order valence-corrected chi connectivity index (χ2v) is 5.57. The van der Waals surface area contributed by atoms with Gasteiger partial charge in [-0.15, -0.1) is 0 Å². The van der Waals surface area contributed by atoms with Gasteiger partial charge in [-0.2, -0.15) is 15.0 Å². The molecule has 1 N–H and O–H groups in total. The zero-order chi connectivity index (χ0) is 18.7. The molecule has 0 aliphatic heterocycles. The molecule has 1 aromatic carbocycles. The zero-order valence-electron chi connectivity index (χ0n) is 14.6. The Morgan fingerprint density at radius 2 is 2.19 bits per heavy atom. The van der Waals surface area contributed by atoms with E-state index in [1.54, 1.807) is 7.11 Å². The summed E-state index contributed by atoms with van der Waals surface area (Å²) >= 11 is 0. The molecule has 0 aliphatic rings. The number of hydrogen-bond acceptors (Lipinski definition) is 6. The summed E-state index contributed by atoms with van der Waals surface area (Å²) in [5.41, 5.74) is 1.87. The van der Waals surface area contributed by atoms with Gasteiger partial charge in [0.15, 0.2) is 11.6 Å². The van der Waals surface area contributed by atoms with Crippen LogP contribution in [0.25, 0.3) is 16.7 Å². The average Bonchev–Trinajstić information content (AvgIpc) is 3.03. The van der Waals surface area contributed by atoms with E-state index in [0.29, 0.717) is 17.1 Å². The van der Waals surface area contributed by atoms with Crippen LogP contribution in [0, 0.1) is 18.3 Å². The Labute approximate surface area is 150 Å². The predicted octanol–water partition coefficient (Wildman–Crippen LogP) is 2.19. The Morgan fingerprint density at radius 1 is 1.38 bits per heavy atom. The first-order valence-corrected chi connectivity index (χ1v) is 7.80. The van der Waals surface area contributed by atoms with Crippen LogP contribution in [0.4, 0.5) is 5.82 Å². The van der Waals surface area contributed by atoms with Crippen LogP contribution in [0.15, 0.2) is 30.5 Å². The molecule has 0 saturated carbocycles. The van der Waals surface area contributed by atoms with Crippen molar-refractivity contribution in [1.82, 2.24) is 14.8 Å². The SMILES string of the molecule is COCC(=O)Nc1c(C#N)cnn1-c1cc(C)c2cccc(OC)c2n1. The van der Waals surface area contributed by atoms with Crippen LogP contribution < -0.4 is 10.1 Å². The third-order valence-corrected chi connectivity index (χ3v) is 3.86. The van der Waals surface area contributed by atoms with E-state index < -0.39 is 0 Å². The number of amides is 1. The first kappa shape index (κ1) is 17.4. The highest BCUT2D eigenvalue weighted by Crippen LogP contribution is 2.28. The fourth-order valence-electron chi connectivity index (χ4n) is 2.67. The lowest BCUT2D eigenvalue weighted by Crippen LogP contribution is -2.20. The number of hydrogen-bond donors (Lipinski definition) is 1. The topological polar surface area (TPSA) is 102 Å². The third-order valence-electron chi connectivity index (χ3n) is 3.86. The number of carbonyl (C=O) groups is 1. The normalized spacial score (nSPS) is 10.5. The molecular weight excluding hydrogens is 334 g/mol. The summed E-state index contributed by atoms with van der Waals surface area (Å²) < 4.78 is 11.6. The van der Waals surface area contributed by atoms with Gasteiger partial charge in [0.25, 0.3) is 5.91 Å². The van der Waals surface area contributed by atoms with Gasteiger partial charge >= 0.3 is 0 Å². The van der Waals surface area contributed by atoms with Crippen molar-refractivity contribution < 1.29 is 14.3 Å². The molecule has 1 amide bonds. The summed E-state index contributed by atoms with van der Waals surface area (Å²) in [6.07, 6.45) is 1.38. The smallest absolute Gasteiger partial charge is 0.251 e. The first-order chi connectivity index (χ1) is 12.6. The number of ether oxygens (including phenoxy) is 2. The van der Waals surface area contributed by atoms with Crippen LogP contribution >= 0.6 is 0 Å². The number of aromatic nitrogens is 3. The van der Waals surface area contributed by atoms with Crippen molar-refractivity contribution in [2.75, 3.05) is 26.1 Å². The van der Waals surface area contributed by atoms with E-state index in [1.165, 1.54) is 18.0 Å². The fraction of sp³-hybridized carbons (Fsp3) is 0.222. The van der Waals surface area contributed by atoms with E-state index in [0.717, 1.165) is 10.9 Å². The third kappa shape index (κ3) is 3.08. The summed E-state index contributed by atoms with van der Waals surface area (Å²) in [7, 11) is 3.00. The maximum atomic E-state index is 11.9. The maximum absolute atomic E-state index is 11.9. The number of rotatable bonds is 5. The molecule has 0 spiro atoms. The number of para-hydroxylation sites is 1. The van der Waals surface area contributed by atoms with E-state index in [2.05, 4.69) is 15.4 Å².